The minimum absolute atomic E-state index is 0.0375. The van der Waals surface area contributed by atoms with Crippen LogP contribution in [0.2, 0.25) is 0 Å². The number of rotatable bonds is 5. The molecule has 0 saturated carbocycles. The number of hydrogen-bond donors (Lipinski definition) is 3. The Hall–Kier alpha value is -2.50. The standard InChI is InChI=1S/C23H29N5/c1-23(24-2)12-6-9-19(16-23)26-21-15-20(17-7-4-3-5-8-17)27-22(28-21)18-10-13-25-14-11-18/h3-9,12,15,18,24-25H,10-11,13-14,16H2,1-2H3,(H,26,27,28). The third kappa shape index (κ3) is 4.32. The highest BCUT2D eigenvalue weighted by atomic mass is 15.1. The molecule has 1 aliphatic heterocycles. The van der Waals surface area contributed by atoms with E-state index in [2.05, 4.69) is 71.4 Å². The average Bonchev–Trinajstić information content (AvgIpc) is 2.75. The second-order valence-corrected chi connectivity index (χ2v) is 7.91. The number of hydrogen-bond acceptors (Lipinski definition) is 5. The van der Waals surface area contributed by atoms with E-state index in [1.54, 1.807) is 0 Å². The monoisotopic (exact) mass is 375 g/mol. The lowest BCUT2D eigenvalue weighted by Crippen LogP contribution is -2.39. The van der Waals surface area contributed by atoms with Crippen molar-refractivity contribution < 1.29 is 0 Å². The first-order valence-electron chi connectivity index (χ1n) is 10.1. The van der Waals surface area contributed by atoms with E-state index in [0.717, 1.165) is 60.9 Å². The molecule has 2 heterocycles. The summed E-state index contributed by atoms with van der Waals surface area (Å²) in [6.07, 6.45) is 9.51. The highest BCUT2D eigenvalue weighted by molar-refractivity contribution is 5.63. The first-order chi connectivity index (χ1) is 13.6. The van der Waals surface area contributed by atoms with Crippen molar-refractivity contribution >= 4 is 5.82 Å². The Kier molecular flexibility index (Phi) is 5.55. The summed E-state index contributed by atoms with van der Waals surface area (Å²) >= 11 is 0. The molecule has 28 heavy (non-hydrogen) atoms. The Morgan fingerprint density at radius 2 is 1.89 bits per heavy atom. The molecule has 1 aromatic carbocycles. The molecule has 1 atom stereocenters. The predicted octanol–water partition coefficient (Wildman–Crippen LogP) is 3.84. The van der Waals surface area contributed by atoms with Crippen molar-refractivity contribution in [2.24, 2.45) is 0 Å². The molecule has 1 aliphatic carbocycles. The van der Waals surface area contributed by atoms with Crippen LogP contribution in [0.25, 0.3) is 11.3 Å². The van der Waals surface area contributed by atoms with Crippen molar-refractivity contribution in [1.29, 1.82) is 0 Å². The molecule has 1 aromatic heterocycles. The lowest BCUT2D eigenvalue weighted by Gasteiger charge is -2.30. The van der Waals surface area contributed by atoms with Gasteiger partial charge in [-0.25, -0.2) is 9.97 Å². The van der Waals surface area contributed by atoms with Gasteiger partial charge in [-0.2, -0.15) is 0 Å². The number of benzene rings is 1. The van der Waals surface area contributed by atoms with E-state index >= 15 is 0 Å². The number of likely N-dealkylation sites (N-methyl/N-ethyl adjacent to an activating group) is 1. The SMILES string of the molecule is CNC1(C)C=CC=C(Nc2cc(-c3ccccc3)nc(C3CCNCC3)n2)C1. The second-order valence-electron chi connectivity index (χ2n) is 7.91. The van der Waals surface area contributed by atoms with E-state index in [1.807, 2.05) is 13.1 Å². The molecule has 5 nitrogen and oxygen atoms in total. The van der Waals surface area contributed by atoms with E-state index in [9.17, 15) is 0 Å². The summed E-state index contributed by atoms with van der Waals surface area (Å²) in [7, 11) is 2.00. The normalized spacial score (nSPS) is 22.7. The molecule has 5 heteroatoms. The highest BCUT2D eigenvalue weighted by Gasteiger charge is 2.24. The Morgan fingerprint density at radius 1 is 1.11 bits per heavy atom. The van der Waals surface area contributed by atoms with Crippen LogP contribution in [0.5, 0.6) is 0 Å². The summed E-state index contributed by atoms with van der Waals surface area (Å²) in [6, 6.07) is 12.4. The fourth-order valence-electron chi connectivity index (χ4n) is 3.86. The van der Waals surface area contributed by atoms with Gasteiger partial charge < -0.3 is 16.0 Å². The Labute approximate surface area is 167 Å². The zero-order valence-corrected chi connectivity index (χ0v) is 16.7. The molecular weight excluding hydrogens is 346 g/mol. The van der Waals surface area contributed by atoms with Crippen LogP contribution < -0.4 is 16.0 Å². The third-order valence-electron chi connectivity index (χ3n) is 5.70. The van der Waals surface area contributed by atoms with Gasteiger partial charge >= 0.3 is 0 Å². The number of nitrogens with zero attached hydrogens (tertiary/aromatic N) is 2. The summed E-state index contributed by atoms with van der Waals surface area (Å²) in [5.74, 6) is 2.24. The van der Waals surface area contributed by atoms with Crippen LogP contribution in [0, 0.1) is 0 Å². The molecule has 1 saturated heterocycles. The van der Waals surface area contributed by atoms with Crippen molar-refractivity contribution in [3.63, 3.8) is 0 Å². The predicted molar refractivity (Wildman–Crippen MR) is 115 cm³/mol. The Morgan fingerprint density at radius 3 is 2.64 bits per heavy atom. The van der Waals surface area contributed by atoms with Crippen LogP contribution in [0.4, 0.5) is 5.82 Å². The lowest BCUT2D eigenvalue weighted by atomic mass is 9.91. The summed E-state index contributed by atoms with van der Waals surface area (Å²) in [5.41, 5.74) is 3.23. The molecule has 0 radical (unpaired) electrons. The summed E-state index contributed by atoms with van der Waals surface area (Å²) < 4.78 is 0. The number of aromatic nitrogens is 2. The van der Waals surface area contributed by atoms with Crippen molar-refractivity contribution in [2.45, 2.75) is 37.6 Å². The zero-order chi connectivity index (χ0) is 19.4. The maximum Gasteiger partial charge on any atom is 0.134 e. The molecule has 2 aromatic rings. The number of nitrogens with one attached hydrogen (secondary N) is 3. The van der Waals surface area contributed by atoms with E-state index < -0.39 is 0 Å². The third-order valence-corrected chi connectivity index (χ3v) is 5.70. The quantitative estimate of drug-likeness (QED) is 0.741. The van der Waals surface area contributed by atoms with Crippen LogP contribution in [-0.2, 0) is 0 Å². The molecule has 4 rings (SSSR count). The van der Waals surface area contributed by atoms with Crippen molar-refractivity contribution in [3.05, 3.63) is 66.1 Å². The first-order valence-corrected chi connectivity index (χ1v) is 10.1. The lowest BCUT2D eigenvalue weighted by molar-refractivity contribution is 0.445. The minimum atomic E-state index is -0.0375. The molecule has 146 valence electrons. The number of allylic oxidation sites excluding steroid dienone is 2. The van der Waals surface area contributed by atoms with Crippen LogP contribution in [0.3, 0.4) is 0 Å². The van der Waals surface area contributed by atoms with Gasteiger partial charge in [0.15, 0.2) is 0 Å². The maximum atomic E-state index is 4.94. The molecule has 2 aliphatic rings. The molecular formula is C23H29N5. The fraction of sp³-hybridized carbons (Fsp3) is 0.391. The van der Waals surface area contributed by atoms with Crippen molar-refractivity contribution in [2.75, 3.05) is 25.5 Å². The summed E-state index contributed by atoms with van der Waals surface area (Å²) in [6.45, 7) is 4.26. The molecule has 3 N–H and O–H groups in total. The van der Waals surface area contributed by atoms with Gasteiger partial charge in [-0.15, -0.1) is 0 Å². The van der Waals surface area contributed by atoms with Crippen LogP contribution >= 0.6 is 0 Å². The minimum Gasteiger partial charge on any atom is -0.344 e. The van der Waals surface area contributed by atoms with Crippen molar-refractivity contribution in [1.82, 2.24) is 20.6 Å². The smallest absolute Gasteiger partial charge is 0.134 e. The Bertz CT molecular complexity index is 868. The van der Waals surface area contributed by atoms with E-state index in [4.69, 9.17) is 9.97 Å². The topological polar surface area (TPSA) is 61.9 Å². The maximum absolute atomic E-state index is 4.94. The van der Waals surface area contributed by atoms with Gasteiger partial charge in [-0.1, -0.05) is 42.5 Å². The van der Waals surface area contributed by atoms with Gasteiger partial charge in [0, 0.05) is 35.2 Å². The number of piperidine rings is 1. The van der Waals surface area contributed by atoms with Gasteiger partial charge in [-0.3, -0.25) is 0 Å². The van der Waals surface area contributed by atoms with Gasteiger partial charge in [0.25, 0.3) is 0 Å². The second kappa shape index (κ2) is 8.25. The summed E-state index contributed by atoms with van der Waals surface area (Å²) in [5, 5.41) is 10.4. The fourth-order valence-corrected chi connectivity index (χ4v) is 3.86. The number of anilines is 1. The van der Waals surface area contributed by atoms with Crippen LogP contribution in [0.1, 0.15) is 37.9 Å². The van der Waals surface area contributed by atoms with Gasteiger partial charge in [0.05, 0.1) is 5.69 Å². The van der Waals surface area contributed by atoms with E-state index in [1.165, 1.54) is 0 Å². The average molecular weight is 376 g/mol. The zero-order valence-electron chi connectivity index (χ0n) is 16.7. The van der Waals surface area contributed by atoms with Gasteiger partial charge in [0.1, 0.15) is 11.6 Å². The first kappa shape index (κ1) is 18.8. The molecule has 1 fully saturated rings. The van der Waals surface area contributed by atoms with Crippen LogP contribution in [0.15, 0.2) is 60.3 Å². The molecule has 0 bridgehead atoms. The van der Waals surface area contributed by atoms with Crippen molar-refractivity contribution in [3.8, 4) is 11.3 Å². The largest absolute Gasteiger partial charge is 0.344 e. The molecule has 0 amide bonds. The Balaban J connectivity index is 1.66. The molecule has 1 unspecified atom stereocenters. The van der Waals surface area contributed by atoms with Gasteiger partial charge in [0.2, 0.25) is 0 Å². The highest BCUT2D eigenvalue weighted by Crippen LogP contribution is 2.29. The summed E-state index contributed by atoms with van der Waals surface area (Å²) in [4.78, 5) is 9.86. The molecule has 0 spiro atoms. The van der Waals surface area contributed by atoms with E-state index in [0.29, 0.717) is 5.92 Å². The van der Waals surface area contributed by atoms with Crippen LogP contribution in [-0.4, -0.2) is 35.6 Å². The van der Waals surface area contributed by atoms with E-state index in [-0.39, 0.29) is 5.54 Å². The van der Waals surface area contributed by atoms with Gasteiger partial charge in [-0.05, 0) is 46.0 Å².